The quantitative estimate of drug-likeness (QED) is 0.340. The van der Waals surface area contributed by atoms with E-state index in [4.69, 9.17) is 4.42 Å². The molecule has 9 heteroatoms. The lowest BCUT2D eigenvalue weighted by atomic mass is 10.00. The standard InChI is InChI=1S/C21H22BrN5O2S/c1-3-4-12-30-21-25-20-23-13(2)17(19(28)24-14-8-6-5-7-9-14)18(27(20)26-21)15-10-11-16(22)29-15/h5-11,18H,3-4,12H2,1-2H3,(H,24,28)(H,23,25,26). The summed E-state index contributed by atoms with van der Waals surface area (Å²) < 4.78 is 8.17. The lowest BCUT2D eigenvalue weighted by Gasteiger charge is -2.27. The van der Waals surface area contributed by atoms with Crippen molar-refractivity contribution in [2.75, 3.05) is 16.4 Å². The first-order chi connectivity index (χ1) is 14.6. The zero-order valence-electron chi connectivity index (χ0n) is 16.7. The number of carbonyl (C=O) groups excluding carboxylic acids is 1. The number of hydrogen-bond donors (Lipinski definition) is 2. The Kier molecular flexibility index (Phi) is 6.29. The second-order valence-corrected chi connectivity index (χ2v) is 8.74. The van der Waals surface area contributed by atoms with Gasteiger partial charge in [-0.2, -0.15) is 4.98 Å². The topological polar surface area (TPSA) is 85.0 Å². The van der Waals surface area contributed by atoms with Gasteiger partial charge in [0.25, 0.3) is 5.91 Å². The van der Waals surface area contributed by atoms with Crippen LogP contribution < -0.4 is 10.6 Å². The van der Waals surface area contributed by atoms with Crippen LogP contribution >= 0.6 is 27.7 Å². The molecule has 2 aromatic heterocycles. The molecule has 156 valence electrons. The fourth-order valence-corrected chi connectivity index (χ4v) is 4.48. The van der Waals surface area contributed by atoms with Gasteiger partial charge in [0.05, 0.1) is 5.57 Å². The van der Waals surface area contributed by atoms with Crippen molar-refractivity contribution < 1.29 is 9.21 Å². The molecule has 1 unspecified atom stereocenters. The molecule has 7 nitrogen and oxygen atoms in total. The molecular formula is C21H22BrN5O2S. The van der Waals surface area contributed by atoms with Crippen molar-refractivity contribution in [1.29, 1.82) is 0 Å². The van der Waals surface area contributed by atoms with Crippen LogP contribution in [-0.4, -0.2) is 26.4 Å². The first-order valence-electron chi connectivity index (χ1n) is 9.75. The highest BCUT2D eigenvalue weighted by atomic mass is 79.9. The van der Waals surface area contributed by atoms with Gasteiger partial charge in [0.2, 0.25) is 11.1 Å². The van der Waals surface area contributed by atoms with E-state index in [1.165, 1.54) is 0 Å². The molecule has 1 aromatic carbocycles. The summed E-state index contributed by atoms with van der Waals surface area (Å²) in [6, 6.07) is 12.5. The largest absolute Gasteiger partial charge is 0.452 e. The van der Waals surface area contributed by atoms with Crippen LogP contribution in [0.2, 0.25) is 0 Å². The molecule has 1 aliphatic heterocycles. The number of amides is 1. The molecule has 1 aliphatic rings. The molecule has 3 heterocycles. The van der Waals surface area contributed by atoms with Crippen molar-refractivity contribution in [2.45, 2.75) is 37.9 Å². The lowest BCUT2D eigenvalue weighted by Crippen LogP contribution is -2.31. The molecule has 0 spiro atoms. The summed E-state index contributed by atoms with van der Waals surface area (Å²) >= 11 is 4.98. The molecule has 0 fully saturated rings. The van der Waals surface area contributed by atoms with Gasteiger partial charge in [0.1, 0.15) is 11.8 Å². The Hall–Kier alpha value is -2.52. The van der Waals surface area contributed by atoms with Crippen LogP contribution in [0, 0.1) is 0 Å². The van der Waals surface area contributed by atoms with Crippen LogP contribution in [0.15, 0.2) is 68.0 Å². The predicted molar refractivity (Wildman–Crippen MR) is 122 cm³/mol. The van der Waals surface area contributed by atoms with Crippen LogP contribution in [0.3, 0.4) is 0 Å². The van der Waals surface area contributed by atoms with Crippen molar-refractivity contribution >= 4 is 45.2 Å². The highest BCUT2D eigenvalue weighted by Crippen LogP contribution is 2.38. The SMILES string of the molecule is CCCCSc1nc2n(n1)C(c1ccc(Br)o1)C(C(=O)Nc1ccccc1)=C(C)N2. The Morgan fingerprint density at radius 3 is 2.80 bits per heavy atom. The summed E-state index contributed by atoms with van der Waals surface area (Å²) in [5, 5.41) is 11.6. The van der Waals surface area contributed by atoms with Crippen molar-refractivity contribution in [1.82, 2.24) is 14.8 Å². The summed E-state index contributed by atoms with van der Waals surface area (Å²) in [4.78, 5) is 17.9. The Balaban J connectivity index is 1.70. The summed E-state index contributed by atoms with van der Waals surface area (Å²) in [5.41, 5.74) is 1.97. The van der Waals surface area contributed by atoms with Crippen molar-refractivity contribution in [3.63, 3.8) is 0 Å². The van der Waals surface area contributed by atoms with Gasteiger partial charge in [-0.25, -0.2) is 4.68 Å². The zero-order valence-corrected chi connectivity index (χ0v) is 19.1. The Morgan fingerprint density at radius 1 is 1.30 bits per heavy atom. The summed E-state index contributed by atoms with van der Waals surface area (Å²) in [5.74, 6) is 1.94. The molecule has 0 saturated heterocycles. The van der Waals surface area contributed by atoms with Gasteiger partial charge in [-0.05, 0) is 53.5 Å². The smallest absolute Gasteiger partial charge is 0.256 e. The van der Waals surface area contributed by atoms with Gasteiger partial charge in [-0.15, -0.1) is 5.10 Å². The van der Waals surface area contributed by atoms with Crippen molar-refractivity contribution in [3.8, 4) is 0 Å². The minimum Gasteiger partial charge on any atom is -0.452 e. The van der Waals surface area contributed by atoms with Crippen LogP contribution in [-0.2, 0) is 4.79 Å². The highest BCUT2D eigenvalue weighted by Gasteiger charge is 2.36. The molecule has 0 aliphatic carbocycles. The fourth-order valence-electron chi connectivity index (χ4n) is 3.25. The Labute approximate surface area is 187 Å². The van der Waals surface area contributed by atoms with E-state index in [1.807, 2.05) is 49.4 Å². The number of hydrogen-bond acceptors (Lipinski definition) is 6. The van der Waals surface area contributed by atoms with E-state index in [0.29, 0.717) is 32.8 Å². The van der Waals surface area contributed by atoms with Crippen LogP contribution in [0.1, 0.15) is 38.5 Å². The number of halogens is 1. The van der Waals surface area contributed by atoms with Crippen molar-refractivity contribution in [3.05, 3.63) is 64.2 Å². The molecule has 30 heavy (non-hydrogen) atoms. The molecule has 1 atom stereocenters. The third-order valence-corrected chi connectivity index (χ3v) is 6.05. The van der Waals surface area contributed by atoms with Crippen LogP contribution in [0.25, 0.3) is 0 Å². The Bertz CT molecular complexity index is 1080. The van der Waals surface area contributed by atoms with E-state index >= 15 is 0 Å². The second-order valence-electron chi connectivity index (χ2n) is 6.89. The minimum atomic E-state index is -0.524. The number of nitrogens with zero attached hydrogens (tertiary/aromatic N) is 3. The lowest BCUT2D eigenvalue weighted by molar-refractivity contribution is -0.113. The van der Waals surface area contributed by atoms with Gasteiger partial charge >= 0.3 is 0 Å². The highest BCUT2D eigenvalue weighted by molar-refractivity contribution is 9.10. The van der Waals surface area contributed by atoms with E-state index in [9.17, 15) is 4.79 Å². The fraction of sp³-hybridized carbons (Fsp3) is 0.286. The number of unbranched alkanes of at least 4 members (excludes halogenated alkanes) is 1. The number of para-hydroxylation sites is 1. The Morgan fingerprint density at radius 2 is 2.10 bits per heavy atom. The molecule has 3 aromatic rings. The second kappa shape index (κ2) is 9.09. The maximum Gasteiger partial charge on any atom is 0.256 e. The molecule has 2 N–H and O–H groups in total. The van der Waals surface area contributed by atoms with E-state index in [2.05, 4.69) is 43.6 Å². The maximum absolute atomic E-state index is 13.3. The predicted octanol–water partition coefficient (Wildman–Crippen LogP) is 5.45. The van der Waals surface area contributed by atoms with Gasteiger partial charge in [-0.1, -0.05) is 43.3 Å². The van der Waals surface area contributed by atoms with E-state index in [0.717, 1.165) is 24.3 Å². The third kappa shape index (κ3) is 4.32. The molecule has 0 saturated carbocycles. The van der Waals surface area contributed by atoms with Gasteiger partial charge in [0, 0.05) is 17.1 Å². The summed E-state index contributed by atoms with van der Waals surface area (Å²) in [6.07, 6.45) is 2.21. The number of benzene rings is 1. The monoisotopic (exact) mass is 487 g/mol. The average Bonchev–Trinajstić information content (AvgIpc) is 3.33. The first kappa shape index (κ1) is 20.7. The first-order valence-corrected chi connectivity index (χ1v) is 11.5. The van der Waals surface area contributed by atoms with Gasteiger partial charge in [0.15, 0.2) is 4.67 Å². The zero-order chi connectivity index (χ0) is 21.1. The number of allylic oxidation sites excluding steroid dienone is 1. The molecule has 4 rings (SSSR count). The number of aromatic nitrogens is 3. The molecule has 0 radical (unpaired) electrons. The molecule has 1 amide bonds. The number of rotatable bonds is 7. The van der Waals surface area contributed by atoms with E-state index in [-0.39, 0.29) is 5.91 Å². The number of nitrogens with one attached hydrogen (secondary N) is 2. The number of fused-ring (bicyclic) bond motifs is 1. The van der Waals surface area contributed by atoms with E-state index in [1.54, 1.807) is 16.4 Å². The van der Waals surface area contributed by atoms with E-state index < -0.39 is 6.04 Å². The number of carbonyl (C=O) groups is 1. The van der Waals surface area contributed by atoms with Gasteiger partial charge in [-0.3, -0.25) is 4.79 Å². The minimum absolute atomic E-state index is 0.218. The number of furan rings is 1. The molecular weight excluding hydrogens is 466 g/mol. The maximum atomic E-state index is 13.3. The van der Waals surface area contributed by atoms with Crippen molar-refractivity contribution in [2.24, 2.45) is 0 Å². The summed E-state index contributed by atoms with van der Waals surface area (Å²) in [6.45, 7) is 4.02. The average molecular weight is 488 g/mol. The normalized spacial score (nSPS) is 15.6. The van der Waals surface area contributed by atoms with Crippen LogP contribution in [0.5, 0.6) is 0 Å². The third-order valence-electron chi connectivity index (χ3n) is 4.70. The van der Waals surface area contributed by atoms with Crippen LogP contribution in [0.4, 0.5) is 11.6 Å². The molecule has 0 bridgehead atoms. The number of anilines is 2. The summed E-state index contributed by atoms with van der Waals surface area (Å²) in [7, 11) is 0. The van der Waals surface area contributed by atoms with Gasteiger partial charge < -0.3 is 15.1 Å². The number of thioether (sulfide) groups is 1.